The molecule has 0 radical (unpaired) electrons. The largest absolute Gasteiger partial charge is 0.497 e. The van der Waals surface area contributed by atoms with E-state index in [0.717, 1.165) is 5.69 Å². The van der Waals surface area contributed by atoms with E-state index in [4.69, 9.17) is 14.2 Å². The van der Waals surface area contributed by atoms with Crippen LogP contribution < -0.4 is 20.1 Å². The van der Waals surface area contributed by atoms with Crippen molar-refractivity contribution in [2.45, 2.75) is 6.92 Å². The summed E-state index contributed by atoms with van der Waals surface area (Å²) in [5.74, 6) is 1.09. The zero-order valence-electron chi connectivity index (χ0n) is 20.2. The predicted octanol–water partition coefficient (Wildman–Crippen LogP) is 3.38. The summed E-state index contributed by atoms with van der Waals surface area (Å²) in [7, 11) is 4.89. The van der Waals surface area contributed by atoms with Crippen LogP contribution in [0.2, 0.25) is 0 Å². The summed E-state index contributed by atoms with van der Waals surface area (Å²) in [5, 5.41) is 6.80. The van der Waals surface area contributed by atoms with Gasteiger partial charge in [-0.25, -0.2) is 9.97 Å². The number of likely N-dealkylation sites (N-methyl/N-ethyl adjacent to an activating group) is 1. The Morgan fingerprint density at radius 2 is 1.94 bits per heavy atom. The topological polar surface area (TPSA) is 115 Å². The maximum atomic E-state index is 12.5. The van der Waals surface area contributed by atoms with E-state index in [9.17, 15) is 9.59 Å². The third-order valence-corrected chi connectivity index (χ3v) is 4.94. The summed E-state index contributed by atoms with van der Waals surface area (Å²) < 4.78 is 15.7. The van der Waals surface area contributed by atoms with Crippen LogP contribution in [-0.2, 0) is 14.3 Å². The predicted molar refractivity (Wildman–Crippen MR) is 134 cm³/mol. The van der Waals surface area contributed by atoms with Gasteiger partial charge in [0.25, 0.3) is 0 Å². The molecule has 3 aromatic rings. The number of methoxy groups -OCH3 is 2. The summed E-state index contributed by atoms with van der Waals surface area (Å²) in [6, 6.07) is 11.0. The highest BCUT2D eigenvalue weighted by atomic mass is 16.5. The highest BCUT2D eigenvalue weighted by Gasteiger charge is 2.13. The molecule has 184 valence electrons. The van der Waals surface area contributed by atoms with Gasteiger partial charge in [-0.05, 0) is 32.2 Å². The lowest BCUT2D eigenvalue weighted by Crippen LogP contribution is -2.27. The fourth-order valence-electron chi connectivity index (χ4n) is 3.29. The molecule has 1 aromatic heterocycles. The van der Waals surface area contributed by atoms with Crippen molar-refractivity contribution in [3.8, 4) is 11.5 Å². The summed E-state index contributed by atoms with van der Waals surface area (Å²) in [5.41, 5.74) is 1.91. The number of hydrogen-bond acceptors (Lipinski definition) is 9. The third kappa shape index (κ3) is 7.15. The Hall–Kier alpha value is -4.18. The number of nitrogens with zero attached hydrogens (tertiary/aromatic N) is 3. The van der Waals surface area contributed by atoms with E-state index in [2.05, 4.69) is 20.6 Å². The first kappa shape index (κ1) is 25.4. The minimum atomic E-state index is -0.341. The molecule has 0 bridgehead atoms. The molecule has 2 aromatic carbocycles. The van der Waals surface area contributed by atoms with Gasteiger partial charge >= 0.3 is 5.97 Å². The van der Waals surface area contributed by atoms with E-state index in [1.165, 1.54) is 19.5 Å². The number of carbonyl (C=O) groups is 2. The van der Waals surface area contributed by atoms with E-state index in [0.29, 0.717) is 47.1 Å². The Labute approximate surface area is 203 Å². The van der Waals surface area contributed by atoms with Crippen LogP contribution in [0.15, 0.2) is 54.9 Å². The van der Waals surface area contributed by atoms with Crippen LogP contribution in [-0.4, -0.2) is 67.7 Å². The molecule has 10 nitrogen and oxygen atoms in total. The van der Waals surface area contributed by atoms with Gasteiger partial charge in [0.05, 0.1) is 38.6 Å². The van der Waals surface area contributed by atoms with E-state index < -0.39 is 0 Å². The first-order valence-electron chi connectivity index (χ1n) is 11.0. The van der Waals surface area contributed by atoms with Crippen LogP contribution in [0.3, 0.4) is 0 Å². The number of aromatic nitrogens is 2. The van der Waals surface area contributed by atoms with Crippen LogP contribution >= 0.6 is 0 Å². The lowest BCUT2D eigenvalue weighted by molar-refractivity contribution is -0.143. The number of benzene rings is 2. The molecule has 0 saturated heterocycles. The first-order valence-corrected chi connectivity index (χ1v) is 11.0. The SMILES string of the molecule is CCOC(=O)CN(C)C/C=C/C(=O)Nc1cc2c(Nc3cccc(OC)c3)ncnc2cc1OC. The molecule has 1 heterocycles. The van der Waals surface area contributed by atoms with Gasteiger partial charge < -0.3 is 24.8 Å². The van der Waals surface area contributed by atoms with Gasteiger partial charge in [0, 0.05) is 35.8 Å². The quantitative estimate of drug-likeness (QED) is 0.315. The number of esters is 1. The lowest BCUT2D eigenvalue weighted by Gasteiger charge is -2.14. The fourth-order valence-corrected chi connectivity index (χ4v) is 3.29. The average Bonchev–Trinajstić information content (AvgIpc) is 2.84. The van der Waals surface area contributed by atoms with Crippen molar-refractivity contribution in [3.63, 3.8) is 0 Å². The van der Waals surface area contributed by atoms with Crippen LogP contribution in [0.4, 0.5) is 17.2 Å². The number of rotatable bonds is 11. The molecule has 1 amide bonds. The monoisotopic (exact) mass is 479 g/mol. The Morgan fingerprint density at radius 3 is 2.69 bits per heavy atom. The van der Waals surface area contributed by atoms with Gasteiger partial charge in [-0.1, -0.05) is 12.1 Å². The zero-order valence-corrected chi connectivity index (χ0v) is 20.2. The number of fused-ring (bicyclic) bond motifs is 1. The molecule has 0 aliphatic heterocycles. The smallest absolute Gasteiger partial charge is 0.320 e. The number of amides is 1. The van der Waals surface area contributed by atoms with Gasteiger partial charge in [-0.3, -0.25) is 14.5 Å². The standard InChI is InChI=1S/C25H29N5O5/c1-5-35-24(32)15-30(2)11-7-10-23(31)29-21-13-19-20(14-22(21)34-4)26-16-27-25(19)28-17-8-6-9-18(12-17)33-3/h6-10,12-14,16H,5,11,15H2,1-4H3,(H,29,31)(H,26,27,28)/b10-7+. The van der Waals surface area contributed by atoms with Gasteiger partial charge in [0.15, 0.2) is 0 Å². The molecule has 10 heteroatoms. The average molecular weight is 480 g/mol. The van der Waals surface area contributed by atoms with Gasteiger partial charge in [0.2, 0.25) is 5.91 Å². The molecule has 0 spiro atoms. The maximum absolute atomic E-state index is 12.5. The van der Waals surface area contributed by atoms with Crippen LogP contribution in [0.25, 0.3) is 10.9 Å². The van der Waals surface area contributed by atoms with E-state index in [1.54, 1.807) is 44.2 Å². The second kappa shape index (κ2) is 12.3. The van der Waals surface area contributed by atoms with E-state index >= 15 is 0 Å². The van der Waals surface area contributed by atoms with Gasteiger partial charge in [-0.15, -0.1) is 0 Å². The minimum Gasteiger partial charge on any atom is -0.497 e. The number of carbonyl (C=O) groups excluding carboxylic acids is 2. The molecule has 0 aliphatic rings. The van der Waals surface area contributed by atoms with Crippen LogP contribution in [0, 0.1) is 0 Å². The number of hydrogen-bond donors (Lipinski definition) is 2. The summed E-state index contributed by atoms with van der Waals surface area (Å²) >= 11 is 0. The third-order valence-electron chi connectivity index (χ3n) is 4.94. The first-order chi connectivity index (χ1) is 16.9. The summed E-state index contributed by atoms with van der Waals surface area (Å²) in [6.45, 7) is 2.64. The molecule has 0 unspecified atom stereocenters. The summed E-state index contributed by atoms with van der Waals surface area (Å²) in [4.78, 5) is 34.5. The minimum absolute atomic E-state index is 0.140. The molecule has 35 heavy (non-hydrogen) atoms. The molecule has 2 N–H and O–H groups in total. The number of ether oxygens (including phenoxy) is 3. The molecule has 0 saturated carbocycles. The Bertz CT molecular complexity index is 1210. The Kier molecular flexibility index (Phi) is 8.96. The van der Waals surface area contributed by atoms with Crippen molar-refractivity contribution < 1.29 is 23.8 Å². The van der Waals surface area contributed by atoms with Crippen molar-refractivity contribution in [1.29, 1.82) is 0 Å². The van der Waals surface area contributed by atoms with Crippen molar-refractivity contribution >= 4 is 40.0 Å². The van der Waals surface area contributed by atoms with Gasteiger partial charge in [-0.2, -0.15) is 0 Å². The van der Waals surface area contributed by atoms with Crippen molar-refractivity contribution in [2.24, 2.45) is 0 Å². The normalized spacial score (nSPS) is 11.0. The fraction of sp³-hybridized carbons (Fsp3) is 0.280. The second-order valence-corrected chi connectivity index (χ2v) is 7.54. The van der Waals surface area contributed by atoms with Crippen molar-refractivity contribution in [1.82, 2.24) is 14.9 Å². The Morgan fingerprint density at radius 1 is 1.11 bits per heavy atom. The highest BCUT2D eigenvalue weighted by Crippen LogP contribution is 2.33. The number of anilines is 3. The van der Waals surface area contributed by atoms with Crippen molar-refractivity contribution in [3.05, 3.63) is 54.9 Å². The van der Waals surface area contributed by atoms with E-state index in [1.807, 2.05) is 24.3 Å². The highest BCUT2D eigenvalue weighted by molar-refractivity contribution is 6.03. The number of nitrogens with one attached hydrogen (secondary N) is 2. The molecule has 0 atom stereocenters. The molecular formula is C25H29N5O5. The molecule has 3 rings (SSSR count). The maximum Gasteiger partial charge on any atom is 0.320 e. The van der Waals surface area contributed by atoms with Crippen LogP contribution in [0.5, 0.6) is 11.5 Å². The lowest BCUT2D eigenvalue weighted by atomic mass is 10.1. The summed E-state index contributed by atoms with van der Waals surface area (Å²) in [6.07, 6.45) is 4.53. The molecule has 0 fully saturated rings. The zero-order chi connectivity index (χ0) is 25.2. The Balaban J connectivity index is 1.77. The van der Waals surface area contributed by atoms with Crippen LogP contribution in [0.1, 0.15) is 6.92 Å². The molecule has 0 aliphatic carbocycles. The van der Waals surface area contributed by atoms with Crippen molar-refractivity contribution in [2.75, 3.05) is 51.6 Å². The van der Waals surface area contributed by atoms with Gasteiger partial charge in [0.1, 0.15) is 23.6 Å². The van der Waals surface area contributed by atoms with E-state index in [-0.39, 0.29) is 18.4 Å². The second-order valence-electron chi connectivity index (χ2n) is 7.54. The molecular weight excluding hydrogens is 450 g/mol.